The molecule has 0 saturated carbocycles. The minimum Gasteiger partial charge on any atom is -0.488 e. The van der Waals surface area contributed by atoms with Crippen LogP contribution in [0.4, 0.5) is 0 Å². The molecule has 1 aliphatic heterocycles. The molecule has 0 radical (unpaired) electrons. The van der Waals surface area contributed by atoms with Crippen LogP contribution in [-0.4, -0.2) is 6.61 Å². The van der Waals surface area contributed by atoms with Gasteiger partial charge in [-0.1, -0.05) is 63.2 Å². The van der Waals surface area contributed by atoms with Crippen LogP contribution in [0.15, 0.2) is 52.1 Å². The summed E-state index contributed by atoms with van der Waals surface area (Å²) >= 11 is 2.40. The average molecular weight is 390 g/mol. The second-order valence-electron chi connectivity index (χ2n) is 6.40. The first-order valence-electron chi connectivity index (χ1n) is 7.18. The molecule has 1 nitrogen and oxygen atoms in total. The van der Waals surface area contributed by atoms with Gasteiger partial charge in [-0.2, -0.15) is 0 Å². The van der Waals surface area contributed by atoms with E-state index >= 15 is 0 Å². The lowest BCUT2D eigenvalue weighted by Crippen LogP contribution is -2.14. The van der Waals surface area contributed by atoms with Crippen LogP contribution in [0.3, 0.4) is 0 Å². The second kappa shape index (κ2) is 5.48. The zero-order valence-electron chi connectivity index (χ0n) is 12.6. The summed E-state index contributed by atoms with van der Waals surface area (Å²) in [7, 11) is 0. The van der Waals surface area contributed by atoms with Gasteiger partial charge in [0, 0.05) is 14.7 Å². The maximum atomic E-state index is 5.96. The van der Waals surface area contributed by atoms with E-state index in [1.165, 1.54) is 25.8 Å². The van der Waals surface area contributed by atoms with Crippen LogP contribution in [0.25, 0.3) is 5.57 Å². The first-order valence-corrected chi connectivity index (χ1v) is 8.26. The summed E-state index contributed by atoms with van der Waals surface area (Å²) in [5, 5.41) is 0. The minimum absolute atomic E-state index is 0.139. The standard InChI is InChI=1S/C19H19IO/c1-19(2,3)14-9-10-15-17(11-14)21-12-16(20)18(15)13-7-5-4-6-8-13/h4-11H,12H2,1-3H3. The molecule has 1 aliphatic rings. The monoisotopic (exact) mass is 390 g/mol. The fourth-order valence-corrected chi connectivity index (χ4v) is 3.35. The molecule has 0 spiro atoms. The second-order valence-corrected chi connectivity index (χ2v) is 7.70. The zero-order valence-corrected chi connectivity index (χ0v) is 14.8. The van der Waals surface area contributed by atoms with Crippen molar-refractivity contribution in [2.75, 3.05) is 6.61 Å². The van der Waals surface area contributed by atoms with Crippen molar-refractivity contribution in [3.8, 4) is 5.75 Å². The highest BCUT2D eigenvalue weighted by Crippen LogP contribution is 2.41. The molecule has 2 heteroatoms. The van der Waals surface area contributed by atoms with Crippen LogP contribution in [-0.2, 0) is 5.41 Å². The lowest BCUT2D eigenvalue weighted by molar-refractivity contribution is 0.354. The maximum absolute atomic E-state index is 5.96. The highest BCUT2D eigenvalue weighted by atomic mass is 127. The van der Waals surface area contributed by atoms with E-state index in [0.29, 0.717) is 6.61 Å². The van der Waals surface area contributed by atoms with Crippen LogP contribution in [0.2, 0.25) is 0 Å². The molecule has 0 N–H and O–H groups in total. The van der Waals surface area contributed by atoms with E-state index in [1.54, 1.807) is 0 Å². The lowest BCUT2D eigenvalue weighted by atomic mass is 9.85. The van der Waals surface area contributed by atoms with E-state index in [4.69, 9.17) is 4.74 Å². The molecule has 0 bridgehead atoms. The van der Waals surface area contributed by atoms with E-state index in [0.717, 1.165) is 5.75 Å². The molecule has 0 fully saturated rings. The first kappa shape index (κ1) is 14.6. The van der Waals surface area contributed by atoms with Gasteiger partial charge in [0.2, 0.25) is 0 Å². The van der Waals surface area contributed by atoms with Gasteiger partial charge in [-0.05, 0) is 45.2 Å². The Balaban J connectivity index is 2.13. The summed E-state index contributed by atoms with van der Waals surface area (Å²) < 4.78 is 7.22. The predicted molar refractivity (Wildman–Crippen MR) is 97.1 cm³/mol. The summed E-state index contributed by atoms with van der Waals surface area (Å²) in [4.78, 5) is 0. The summed E-state index contributed by atoms with van der Waals surface area (Å²) in [6.07, 6.45) is 0. The smallest absolute Gasteiger partial charge is 0.128 e. The van der Waals surface area contributed by atoms with E-state index in [1.807, 2.05) is 0 Å². The number of halogens is 1. The Kier molecular flexibility index (Phi) is 3.82. The Hall–Kier alpha value is -1.29. The number of fused-ring (bicyclic) bond motifs is 1. The van der Waals surface area contributed by atoms with Crippen LogP contribution >= 0.6 is 22.6 Å². The molecule has 1 heterocycles. The van der Waals surface area contributed by atoms with Gasteiger partial charge in [-0.15, -0.1) is 0 Å². The van der Waals surface area contributed by atoms with E-state index in [2.05, 4.69) is 91.9 Å². The lowest BCUT2D eigenvalue weighted by Gasteiger charge is -2.25. The maximum Gasteiger partial charge on any atom is 0.128 e. The molecule has 2 aromatic rings. The molecule has 0 amide bonds. The SMILES string of the molecule is CC(C)(C)c1ccc2c(c1)OCC(I)=C2c1ccccc1. The highest BCUT2D eigenvalue weighted by molar-refractivity contribution is 14.1. The normalized spacial score (nSPS) is 14.7. The number of ether oxygens (including phenoxy) is 1. The number of hydrogen-bond donors (Lipinski definition) is 0. The molecule has 0 aromatic heterocycles. The third-order valence-electron chi connectivity index (χ3n) is 3.81. The molecule has 0 unspecified atom stereocenters. The van der Waals surface area contributed by atoms with Crippen LogP contribution < -0.4 is 4.74 Å². The van der Waals surface area contributed by atoms with Gasteiger partial charge >= 0.3 is 0 Å². The van der Waals surface area contributed by atoms with Gasteiger partial charge in [0.05, 0.1) is 0 Å². The fourth-order valence-electron chi connectivity index (χ4n) is 2.59. The number of rotatable bonds is 1. The van der Waals surface area contributed by atoms with Crippen molar-refractivity contribution in [2.45, 2.75) is 26.2 Å². The van der Waals surface area contributed by atoms with Crippen molar-refractivity contribution in [1.29, 1.82) is 0 Å². The fraction of sp³-hybridized carbons (Fsp3) is 0.263. The summed E-state index contributed by atoms with van der Waals surface area (Å²) in [6, 6.07) is 17.2. The molecule has 2 aromatic carbocycles. The number of hydrogen-bond acceptors (Lipinski definition) is 1. The van der Waals surface area contributed by atoms with E-state index < -0.39 is 0 Å². The Labute approximate surface area is 140 Å². The molecule has 3 rings (SSSR count). The molecular weight excluding hydrogens is 371 g/mol. The molecule has 0 aliphatic carbocycles. The van der Waals surface area contributed by atoms with Crippen LogP contribution in [0, 0.1) is 0 Å². The van der Waals surface area contributed by atoms with Crippen molar-refractivity contribution in [1.82, 2.24) is 0 Å². The predicted octanol–water partition coefficient (Wildman–Crippen LogP) is 5.57. The van der Waals surface area contributed by atoms with Crippen LogP contribution in [0.5, 0.6) is 5.75 Å². The van der Waals surface area contributed by atoms with Gasteiger partial charge in [0.25, 0.3) is 0 Å². The van der Waals surface area contributed by atoms with Crippen molar-refractivity contribution in [3.05, 3.63) is 68.8 Å². The topological polar surface area (TPSA) is 9.23 Å². The molecule has 0 atom stereocenters. The average Bonchev–Trinajstić information content (AvgIpc) is 2.46. The Morgan fingerprint density at radius 1 is 1.00 bits per heavy atom. The Bertz CT molecular complexity index is 693. The zero-order chi connectivity index (χ0) is 15.0. The molecular formula is C19H19IO. The van der Waals surface area contributed by atoms with E-state index in [-0.39, 0.29) is 5.41 Å². The summed E-state index contributed by atoms with van der Waals surface area (Å²) in [5.74, 6) is 1.00. The van der Waals surface area contributed by atoms with Gasteiger partial charge < -0.3 is 4.74 Å². The molecule has 21 heavy (non-hydrogen) atoms. The Morgan fingerprint density at radius 2 is 1.71 bits per heavy atom. The molecule has 0 saturated heterocycles. The van der Waals surface area contributed by atoms with Gasteiger partial charge in [0.15, 0.2) is 0 Å². The minimum atomic E-state index is 0.139. The first-order chi connectivity index (χ1) is 9.97. The largest absolute Gasteiger partial charge is 0.488 e. The highest BCUT2D eigenvalue weighted by Gasteiger charge is 2.23. The van der Waals surface area contributed by atoms with Crippen molar-refractivity contribution in [3.63, 3.8) is 0 Å². The summed E-state index contributed by atoms with van der Waals surface area (Å²) in [6.45, 7) is 7.35. The van der Waals surface area contributed by atoms with Crippen molar-refractivity contribution < 1.29 is 4.74 Å². The Morgan fingerprint density at radius 3 is 2.38 bits per heavy atom. The third kappa shape index (κ3) is 2.86. The third-order valence-corrected chi connectivity index (χ3v) is 4.66. The van der Waals surface area contributed by atoms with Gasteiger partial charge in [0.1, 0.15) is 12.4 Å². The van der Waals surface area contributed by atoms with Crippen molar-refractivity contribution in [2.24, 2.45) is 0 Å². The van der Waals surface area contributed by atoms with E-state index in [9.17, 15) is 0 Å². The van der Waals surface area contributed by atoms with Crippen molar-refractivity contribution >= 4 is 28.2 Å². The summed E-state index contributed by atoms with van der Waals surface area (Å²) in [5.41, 5.74) is 5.21. The quantitative estimate of drug-likeness (QED) is 0.579. The number of benzene rings is 2. The van der Waals surface area contributed by atoms with Crippen LogP contribution in [0.1, 0.15) is 37.5 Å². The van der Waals surface area contributed by atoms with Gasteiger partial charge in [-0.25, -0.2) is 0 Å². The molecule has 108 valence electrons. The van der Waals surface area contributed by atoms with Gasteiger partial charge in [-0.3, -0.25) is 0 Å².